The Labute approximate surface area is 246 Å². The normalized spacial score (nSPS) is 17.6. The minimum Gasteiger partial charge on any atom is -0.493 e. The molecule has 2 fully saturated rings. The fourth-order valence-corrected chi connectivity index (χ4v) is 6.39. The SMILES string of the molecule is COc1ccc(CCNC(=O)CSc2nc(Cl)cc(N3CCN(C(=O)CCC4CCCC4)C(C)C3)n2)cc1OC. The molecule has 40 heavy (non-hydrogen) atoms. The van der Waals surface area contributed by atoms with Crippen LogP contribution in [0, 0.1) is 5.92 Å². The Hall–Kier alpha value is -2.72. The first-order chi connectivity index (χ1) is 19.4. The van der Waals surface area contributed by atoms with Crippen molar-refractivity contribution in [2.75, 3.05) is 51.1 Å². The standard InChI is InChI=1S/C29H40ClN5O4S/c1-20-18-34(14-15-35(20)28(37)11-9-21-6-4-5-7-21)26-17-25(30)32-29(33-26)40-19-27(36)31-13-12-22-8-10-23(38-2)24(16-22)39-3/h8,10,16-17,20-21H,4-7,9,11-15,18-19H2,1-3H3,(H,31,36). The molecule has 2 amide bonds. The van der Waals surface area contributed by atoms with E-state index in [4.69, 9.17) is 21.1 Å². The number of hydrogen-bond acceptors (Lipinski definition) is 8. The lowest BCUT2D eigenvalue weighted by Crippen LogP contribution is -2.54. The highest BCUT2D eigenvalue weighted by Crippen LogP contribution is 2.30. The number of benzene rings is 1. The average molecular weight is 590 g/mol. The lowest BCUT2D eigenvalue weighted by atomic mass is 10.0. The van der Waals surface area contributed by atoms with E-state index in [0.29, 0.717) is 60.8 Å². The minimum absolute atomic E-state index is 0.0890. The van der Waals surface area contributed by atoms with E-state index in [-0.39, 0.29) is 23.6 Å². The zero-order valence-corrected chi connectivity index (χ0v) is 25.2. The van der Waals surface area contributed by atoms with Gasteiger partial charge in [-0.15, -0.1) is 0 Å². The zero-order valence-electron chi connectivity index (χ0n) is 23.7. The summed E-state index contributed by atoms with van der Waals surface area (Å²) in [5, 5.41) is 3.74. The number of nitrogens with one attached hydrogen (secondary N) is 1. The molecule has 1 aromatic heterocycles. The van der Waals surface area contributed by atoms with Crippen molar-refractivity contribution in [3.8, 4) is 11.5 Å². The van der Waals surface area contributed by atoms with Crippen LogP contribution in [0.4, 0.5) is 5.82 Å². The summed E-state index contributed by atoms with van der Waals surface area (Å²) in [6.07, 6.45) is 7.48. The largest absolute Gasteiger partial charge is 0.493 e. The van der Waals surface area contributed by atoms with Gasteiger partial charge in [-0.2, -0.15) is 0 Å². The van der Waals surface area contributed by atoms with Gasteiger partial charge in [-0.3, -0.25) is 9.59 Å². The van der Waals surface area contributed by atoms with Gasteiger partial charge in [0.15, 0.2) is 16.7 Å². The van der Waals surface area contributed by atoms with Crippen molar-refractivity contribution in [3.05, 3.63) is 35.0 Å². The smallest absolute Gasteiger partial charge is 0.230 e. The monoisotopic (exact) mass is 589 g/mol. The number of piperazine rings is 1. The second-order valence-electron chi connectivity index (χ2n) is 10.5. The molecule has 1 unspecified atom stereocenters. The molecule has 9 nitrogen and oxygen atoms in total. The second-order valence-corrected chi connectivity index (χ2v) is 11.8. The summed E-state index contributed by atoms with van der Waals surface area (Å²) in [5.74, 6) is 3.12. The Balaban J connectivity index is 1.23. The Kier molecular flexibility index (Phi) is 11.2. The summed E-state index contributed by atoms with van der Waals surface area (Å²) in [4.78, 5) is 38.5. The Morgan fingerprint density at radius 3 is 2.60 bits per heavy atom. The van der Waals surface area contributed by atoms with Gasteiger partial charge in [0.25, 0.3) is 0 Å². The van der Waals surface area contributed by atoms with E-state index in [1.165, 1.54) is 37.4 Å². The molecule has 1 saturated carbocycles. The summed E-state index contributed by atoms with van der Waals surface area (Å²) in [7, 11) is 3.20. The molecule has 1 N–H and O–H groups in total. The van der Waals surface area contributed by atoms with Gasteiger partial charge in [0.05, 0.1) is 20.0 Å². The van der Waals surface area contributed by atoms with Crippen LogP contribution in [0.1, 0.15) is 51.0 Å². The molecule has 11 heteroatoms. The predicted octanol–water partition coefficient (Wildman–Crippen LogP) is 4.61. The van der Waals surface area contributed by atoms with E-state index in [1.54, 1.807) is 20.3 Å². The van der Waals surface area contributed by atoms with Crippen LogP contribution in [0.15, 0.2) is 29.4 Å². The van der Waals surface area contributed by atoms with Crippen molar-refractivity contribution in [2.45, 2.75) is 63.1 Å². The molecule has 0 radical (unpaired) electrons. The summed E-state index contributed by atoms with van der Waals surface area (Å²) in [6.45, 7) is 4.62. The topological polar surface area (TPSA) is 96.9 Å². The summed E-state index contributed by atoms with van der Waals surface area (Å²) >= 11 is 7.58. The lowest BCUT2D eigenvalue weighted by Gasteiger charge is -2.40. The number of halogens is 1. The van der Waals surface area contributed by atoms with Gasteiger partial charge < -0.3 is 24.6 Å². The van der Waals surface area contributed by atoms with Gasteiger partial charge in [-0.25, -0.2) is 9.97 Å². The number of carbonyl (C=O) groups is 2. The molecule has 1 atom stereocenters. The van der Waals surface area contributed by atoms with Crippen LogP contribution in [0.2, 0.25) is 5.15 Å². The molecule has 0 spiro atoms. The van der Waals surface area contributed by atoms with Crippen LogP contribution in [0.5, 0.6) is 11.5 Å². The van der Waals surface area contributed by atoms with Gasteiger partial charge in [0.1, 0.15) is 11.0 Å². The number of methoxy groups -OCH3 is 2. The average Bonchev–Trinajstić information content (AvgIpc) is 3.48. The maximum absolute atomic E-state index is 12.9. The summed E-state index contributed by atoms with van der Waals surface area (Å²) < 4.78 is 10.6. The summed E-state index contributed by atoms with van der Waals surface area (Å²) in [5.41, 5.74) is 1.04. The van der Waals surface area contributed by atoms with Crippen LogP contribution < -0.4 is 19.7 Å². The number of nitrogens with zero attached hydrogens (tertiary/aromatic N) is 4. The highest BCUT2D eigenvalue weighted by atomic mass is 35.5. The molecule has 1 aliphatic carbocycles. The molecule has 2 aromatic rings. The number of amides is 2. The first kappa shape index (κ1) is 30.2. The molecule has 1 aromatic carbocycles. The van der Waals surface area contributed by atoms with Crippen molar-refractivity contribution in [1.29, 1.82) is 0 Å². The van der Waals surface area contributed by atoms with E-state index >= 15 is 0 Å². The van der Waals surface area contributed by atoms with Crippen molar-refractivity contribution in [3.63, 3.8) is 0 Å². The third kappa shape index (κ3) is 8.39. The molecular formula is C29H40ClN5O4S. The van der Waals surface area contributed by atoms with Crippen LogP contribution in [-0.4, -0.2) is 78.9 Å². The van der Waals surface area contributed by atoms with E-state index in [0.717, 1.165) is 23.7 Å². The van der Waals surface area contributed by atoms with Gasteiger partial charge >= 0.3 is 0 Å². The minimum atomic E-state index is -0.103. The maximum Gasteiger partial charge on any atom is 0.230 e. The van der Waals surface area contributed by atoms with Crippen LogP contribution in [-0.2, 0) is 16.0 Å². The molecule has 1 aliphatic heterocycles. The van der Waals surface area contributed by atoms with Crippen LogP contribution in [0.25, 0.3) is 0 Å². The molecule has 1 saturated heterocycles. The highest BCUT2D eigenvalue weighted by Gasteiger charge is 2.29. The number of carbonyl (C=O) groups excluding carboxylic acids is 2. The highest BCUT2D eigenvalue weighted by molar-refractivity contribution is 7.99. The molecule has 4 rings (SSSR count). The van der Waals surface area contributed by atoms with Gasteiger partial charge in [-0.05, 0) is 43.4 Å². The quantitative estimate of drug-likeness (QED) is 0.218. The van der Waals surface area contributed by atoms with E-state index < -0.39 is 0 Å². The molecule has 2 aliphatic rings. The van der Waals surface area contributed by atoms with Crippen molar-refractivity contribution < 1.29 is 19.1 Å². The number of aromatic nitrogens is 2. The Morgan fingerprint density at radius 1 is 1.10 bits per heavy atom. The fraction of sp³-hybridized carbons (Fsp3) is 0.586. The number of anilines is 1. The fourth-order valence-electron chi connectivity index (χ4n) is 5.48. The maximum atomic E-state index is 12.9. The first-order valence-electron chi connectivity index (χ1n) is 14.1. The molecule has 0 bridgehead atoms. The van der Waals surface area contributed by atoms with Crippen LogP contribution in [0.3, 0.4) is 0 Å². The molecular weight excluding hydrogens is 550 g/mol. The Morgan fingerprint density at radius 2 is 1.88 bits per heavy atom. The van der Waals surface area contributed by atoms with Crippen molar-refractivity contribution >= 4 is 41.0 Å². The van der Waals surface area contributed by atoms with Gasteiger partial charge in [0, 0.05) is 44.7 Å². The third-order valence-corrected chi connectivity index (χ3v) is 8.73. The van der Waals surface area contributed by atoms with Gasteiger partial charge in [-0.1, -0.05) is 55.1 Å². The third-order valence-electron chi connectivity index (χ3n) is 7.69. The van der Waals surface area contributed by atoms with E-state index in [1.807, 2.05) is 23.1 Å². The number of rotatable bonds is 12. The lowest BCUT2D eigenvalue weighted by molar-refractivity contribution is -0.134. The summed E-state index contributed by atoms with van der Waals surface area (Å²) in [6, 6.07) is 7.56. The number of hydrogen-bond donors (Lipinski definition) is 1. The molecule has 218 valence electrons. The first-order valence-corrected chi connectivity index (χ1v) is 15.4. The van der Waals surface area contributed by atoms with Crippen LogP contribution >= 0.6 is 23.4 Å². The predicted molar refractivity (Wildman–Crippen MR) is 159 cm³/mol. The zero-order chi connectivity index (χ0) is 28.5. The van der Waals surface area contributed by atoms with Gasteiger partial charge in [0.2, 0.25) is 11.8 Å². The van der Waals surface area contributed by atoms with Crippen molar-refractivity contribution in [2.24, 2.45) is 5.92 Å². The molecule has 2 heterocycles. The Bertz CT molecular complexity index is 1160. The van der Waals surface area contributed by atoms with Crippen molar-refractivity contribution in [1.82, 2.24) is 20.2 Å². The van der Waals surface area contributed by atoms with E-state index in [2.05, 4.69) is 27.1 Å². The second kappa shape index (κ2) is 14.8. The number of ether oxygens (including phenoxy) is 2. The number of thioether (sulfide) groups is 1. The van der Waals surface area contributed by atoms with E-state index in [9.17, 15) is 9.59 Å².